The molecule has 0 aliphatic heterocycles. The summed E-state index contributed by atoms with van der Waals surface area (Å²) in [6.45, 7) is 5.00. The van der Waals surface area contributed by atoms with E-state index in [1.807, 2.05) is 0 Å². The van der Waals surface area contributed by atoms with E-state index in [1.54, 1.807) is 40.4 Å². The van der Waals surface area contributed by atoms with Crippen molar-refractivity contribution in [3.63, 3.8) is 0 Å². The van der Waals surface area contributed by atoms with Crippen molar-refractivity contribution in [3.05, 3.63) is 25.1 Å². The fraction of sp³-hybridized carbons (Fsp3) is 0.364. The Labute approximate surface area is 104 Å². The topological polar surface area (TPSA) is 27.7 Å². The Hall–Kier alpha value is -0.757. The van der Waals surface area contributed by atoms with Gasteiger partial charge in [-0.2, -0.15) is 13.0 Å². The van der Waals surface area contributed by atoms with E-state index in [9.17, 15) is 0 Å². The van der Waals surface area contributed by atoms with Crippen molar-refractivity contribution in [2.75, 3.05) is 21.3 Å². The van der Waals surface area contributed by atoms with Gasteiger partial charge in [-0.25, -0.2) is 0 Å². The van der Waals surface area contributed by atoms with Gasteiger partial charge in [-0.15, -0.1) is 12.1 Å². The Kier molecular flexibility index (Phi) is 10.9. The Balaban J connectivity index is 0. The Morgan fingerprint density at radius 3 is 1.60 bits per heavy atom. The second-order valence-corrected chi connectivity index (χ2v) is 2.13. The van der Waals surface area contributed by atoms with Gasteiger partial charge in [-0.05, 0) is 0 Å². The zero-order valence-corrected chi connectivity index (χ0v) is 12.8. The molecule has 0 spiro atoms. The summed E-state index contributed by atoms with van der Waals surface area (Å²) >= 11 is 0. The fourth-order valence-electron chi connectivity index (χ4n) is 0.950. The summed E-state index contributed by atoms with van der Waals surface area (Å²) in [5, 5.41) is 0. The van der Waals surface area contributed by atoms with Crippen LogP contribution >= 0.6 is 0 Å². The van der Waals surface area contributed by atoms with E-state index in [1.165, 1.54) is 0 Å². The molecule has 3 nitrogen and oxygen atoms in total. The standard InChI is InChI=1S/C9H11O3.C2H5.Zn/c1-10-7-5-4-6-8(11-2)9(7)12-3;1-2;/h5-6H,1-3H3;1H2,2H3;/q2*-1;+2. The third-order valence-corrected chi connectivity index (χ3v) is 1.52. The van der Waals surface area contributed by atoms with Gasteiger partial charge < -0.3 is 21.1 Å². The number of hydrogen-bond acceptors (Lipinski definition) is 3. The third kappa shape index (κ3) is 4.52. The van der Waals surface area contributed by atoms with Crippen molar-refractivity contribution in [1.29, 1.82) is 0 Å². The monoisotopic (exact) mass is 260 g/mol. The van der Waals surface area contributed by atoms with Crippen LogP contribution in [0.4, 0.5) is 0 Å². The molecule has 1 aromatic carbocycles. The van der Waals surface area contributed by atoms with Gasteiger partial charge in [0.15, 0.2) is 0 Å². The molecule has 80 valence electrons. The van der Waals surface area contributed by atoms with E-state index >= 15 is 0 Å². The minimum atomic E-state index is 0. The van der Waals surface area contributed by atoms with Gasteiger partial charge in [0.2, 0.25) is 0 Å². The summed E-state index contributed by atoms with van der Waals surface area (Å²) in [6.07, 6.45) is 0. The van der Waals surface area contributed by atoms with E-state index < -0.39 is 0 Å². The smallest absolute Gasteiger partial charge is 0.550 e. The molecule has 0 unspecified atom stereocenters. The van der Waals surface area contributed by atoms with Crippen LogP contribution in [0.2, 0.25) is 0 Å². The molecule has 0 aliphatic carbocycles. The van der Waals surface area contributed by atoms with E-state index in [0.29, 0.717) is 17.2 Å². The number of benzene rings is 1. The molecule has 0 radical (unpaired) electrons. The Bertz CT molecular complexity index is 242. The van der Waals surface area contributed by atoms with Crippen molar-refractivity contribution in [1.82, 2.24) is 0 Å². The molecule has 0 saturated carbocycles. The summed E-state index contributed by atoms with van der Waals surface area (Å²) in [5.74, 6) is 1.84. The average Bonchev–Trinajstić information content (AvgIpc) is 2.30. The second-order valence-electron chi connectivity index (χ2n) is 2.13. The summed E-state index contributed by atoms with van der Waals surface area (Å²) < 4.78 is 15.2. The first-order valence-electron chi connectivity index (χ1n) is 4.20. The quantitative estimate of drug-likeness (QED) is 0.617. The molecular weight excluding hydrogens is 246 g/mol. The predicted octanol–water partition coefficient (Wildman–Crippen LogP) is 2.35. The van der Waals surface area contributed by atoms with Crippen LogP contribution in [0.5, 0.6) is 17.2 Å². The molecule has 0 heterocycles. The number of hydrogen-bond donors (Lipinski definition) is 0. The molecule has 0 aliphatic rings. The molecule has 1 rings (SSSR count). The maximum atomic E-state index is 5.09. The molecule has 0 N–H and O–H groups in total. The molecule has 0 atom stereocenters. The third-order valence-electron chi connectivity index (χ3n) is 1.52. The van der Waals surface area contributed by atoms with Gasteiger partial charge in [0.05, 0.1) is 38.6 Å². The molecule has 0 bridgehead atoms. The summed E-state index contributed by atoms with van der Waals surface area (Å²) in [6, 6.07) is 6.27. The number of ether oxygens (including phenoxy) is 3. The molecule has 15 heavy (non-hydrogen) atoms. The first-order valence-corrected chi connectivity index (χ1v) is 4.20. The first-order chi connectivity index (χ1) is 6.83. The Morgan fingerprint density at radius 2 is 1.33 bits per heavy atom. The summed E-state index contributed by atoms with van der Waals surface area (Å²) in [7, 11) is 4.72. The van der Waals surface area contributed by atoms with Crippen LogP contribution in [-0.2, 0) is 19.5 Å². The molecule has 0 fully saturated rings. The van der Waals surface area contributed by atoms with Crippen LogP contribution in [-0.4, -0.2) is 21.3 Å². The normalized spacial score (nSPS) is 7.80. The van der Waals surface area contributed by atoms with Crippen LogP contribution in [0.3, 0.4) is 0 Å². The van der Waals surface area contributed by atoms with Crippen LogP contribution < -0.4 is 14.2 Å². The van der Waals surface area contributed by atoms with Crippen LogP contribution in [0.1, 0.15) is 6.92 Å². The van der Waals surface area contributed by atoms with Gasteiger partial charge in [-0.3, -0.25) is 0 Å². The van der Waals surface area contributed by atoms with E-state index in [-0.39, 0.29) is 19.5 Å². The van der Waals surface area contributed by atoms with Gasteiger partial charge in [0.1, 0.15) is 0 Å². The molecule has 1 aromatic rings. The van der Waals surface area contributed by atoms with E-state index in [4.69, 9.17) is 14.2 Å². The van der Waals surface area contributed by atoms with E-state index in [2.05, 4.69) is 13.0 Å². The van der Waals surface area contributed by atoms with Crippen molar-refractivity contribution in [3.8, 4) is 17.2 Å². The number of methoxy groups -OCH3 is 3. The zero-order valence-electron chi connectivity index (χ0n) is 9.79. The minimum absolute atomic E-state index is 0. The molecular formula is C11H16O3Zn. The SMILES string of the molecule is COc1c[c-]cc(OC)c1OC.[CH2-]C.[Zn+2]. The van der Waals surface area contributed by atoms with Crippen LogP contribution in [0, 0.1) is 13.0 Å². The minimum Gasteiger partial charge on any atom is -0.550 e. The first kappa shape index (κ1) is 16.7. The average molecular weight is 262 g/mol. The van der Waals surface area contributed by atoms with Crippen molar-refractivity contribution < 1.29 is 33.7 Å². The zero-order chi connectivity index (χ0) is 11.0. The Morgan fingerprint density at radius 1 is 0.933 bits per heavy atom. The maximum Gasteiger partial charge on any atom is 2.00 e. The molecule has 0 saturated heterocycles. The fourth-order valence-corrected chi connectivity index (χ4v) is 0.950. The van der Waals surface area contributed by atoms with Crippen molar-refractivity contribution >= 4 is 0 Å². The summed E-state index contributed by atoms with van der Waals surface area (Å²) in [5.41, 5.74) is 0. The number of rotatable bonds is 3. The van der Waals surface area contributed by atoms with Crippen molar-refractivity contribution in [2.24, 2.45) is 0 Å². The predicted molar refractivity (Wildman–Crippen MR) is 56.0 cm³/mol. The van der Waals surface area contributed by atoms with Gasteiger partial charge in [0.25, 0.3) is 0 Å². The largest absolute Gasteiger partial charge is 2.00 e. The second kappa shape index (κ2) is 9.79. The van der Waals surface area contributed by atoms with E-state index in [0.717, 1.165) is 0 Å². The molecule has 0 amide bonds. The van der Waals surface area contributed by atoms with Crippen molar-refractivity contribution in [2.45, 2.75) is 6.92 Å². The summed E-state index contributed by atoms with van der Waals surface area (Å²) in [4.78, 5) is 0. The maximum absolute atomic E-state index is 5.09. The van der Waals surface area contributed by atoms with Gasteiger partial charge >= 0.3 is 19.5 Å². The van der Waals surface area contributed by atoms with Gasteiger partial charge in [0, 0.05) is 0 Å². The van der Waals surface area contributed by atoms with Gasteiger partial charge in [-0.1, -0.05) is 0 Å². The molecule has 0 aromatic heterocycles. The molecule has 4 heteroatoms. The van der Waals surface area contributed by atoms with Crippen LogP contribution in [0.15, 0.2) is 12.1 Å². The van der Waals surface area contributed by atoms with Crippen LogP contribution in [0.25, 0.3) is 0 Å².